The van der Waals surface area contributed by atoms with E-state index in [2.05, 4.69) is 34.6 Å². The van der Waals surface area contributed by atoms with Gasteiger partial charge in [-0.25, -0.2) is 0 Å². The van der Waals surface area contributed by atoms with Crippen molar-refractivity contribution in [3.05, 3.63) is 0 Å². The Labute approximate surface area is 181 Å². The van der Waals surface area contributed by atoms with Crippen LogP contribution < -0.4 is 0 Å². The molecule has 4 aliphatic rings. The topological polar surface area (TPSA) is 20.2 Å². The molecule has 0 heterocycles. The third kappa shape index (κ3) is 3.74. The van der Waals surface area contributed by atoms with E-state index in [1.165, 1.54) is 70.6 Å². The average Bonchev–Trinajstić information content (AvgIpc) is 3.05. The van der Waals surface area contributed by atoms with E-state index < -0.39 is 0 Å². The number of aliphatic hydroxyl groups is 1. The SMILES string of the molecule is CC(CO)CCC[C@@H](C)[C@H]1CC[C@H]2[C@@H]3CCC4[C@H](C)CCC[C@]4(C)[C@H]3CC[C@]12C. The molecule has 2 unspecified atom stereocenters. The molecule has 29 heavy (non-hydrogen) atoms. The molecular weight excluding hydrogens is 352 g/mol. The van der Waals surface area contributed by atoms with Gasteiger partial charge in [0.1, 0.15) is 0 Å². The highest BCUT2D eigenvalue weighted by molar-refractivity contribution is 5.09. The molecule has 4 aliphatic carbocycles. The summed E-state index contributed by atoms with van der Waals surface area (Å²) in [7, 11) is 0. The quantitative estimate of drug-likeness (QED) is 0.482. The van der Waals surface area contributed by atoms with E-state index in [1.807, 2.05) is 0 Å². The molecule has 4 fully saturated rings. The van der Waals surface area contributed by atoms with Crippen molar-refractivity contribution < 1.29 is 5.11 Å². The van der Waals surface area contributed by atoms with Crippen molar-refractivity contribution in [2.45, 2.75) is 112 Å². The lowest BCUT2D eigenvalue weighted by Gasteiger charge is -2.62. The van der Waals surface area contributed by atoms with Crippen LogP contribution in [-0.4, -0.2) is 11.7 Å². The van der Waals surface area contributed by atoms with Gasteiger partial charge in [-0.2, -0.15) is 0 Å². The van der Waals surface area contributed by atoms with Crippen LogP contribution in [0, 0.1) is 58.2 Å². The Morgan fingerprint density at radius 1 is 0.828 bits per heavy atom. The van der Waals surface area contributed by atoms with Crippen LogP contribution in [-0.2, 0) is 0 Å². The van der Waals surface area contributed by atoms with Crippen LogP contribution in [0.2, 0.25) is 0 Å². The minimum absolute atomic E-state index is 0.360. The molecular formula is C28H50O. The van der Waals surface area contributed by atoms with Crippen LogP contribution in [0.25, 0.3) is 0 Å². The number of rotatable bonds is 6. The first-order valence-corrected chi connectivity index (χ1v) is 13.4. The Morgan fingerprint density at radius 3 is 2.31 bits per heavy atom. The zero-order valence-electron chi connectivity index (χ0n) is 20.3. The molecule has 10 atom stereocenters. The first kappa shape index (κ1) is 22.2. The fourth-order valence-corrected chi connectivity index (χ4v) is 9.85. The van der Waals surface area contributed by atoms with E-state index in [0.717, 1.165) is 41.4 Å². The molecule has 0 bridgehead atoms. The maximum Gasteiger partial charge on any atom is 0.0456 e. The zero-order chi connectivity index (χ0) is 20.8. The van der Waals surface area contributed by atoms with Crippen molar-refractivity contribution in [1.82, 2.24) is 0 Å². The Hall–Kier alpha value is -0.0400. The van der Waals surface area contributed by atoms with Crippen molar-refractivity contribution >= 4 is 0 Å². The zero-order valence-corrected chi connectivity index (χ0v) is 20.3. The van der Waals surface area contributed by atoms with Gasteiger partial charge in [-0.15, -0.1) is 0 Å². The van der Waals surface area contributed by atoms with E-state index in [9.17, 15) is 5.11 Å². The molecule has 0 aromatic carbocycles. The van der Waals surface area contributed by atoms with Crippen molar-refractivity contribution in [1.29, 1.82) is 0 Å². The predicted molar refractivity (Wildman–Crippen MR) is 124 cm³/mol. The van der Waals surface area contributed by atoms with Crippen molar-refractivity contribution in [2.24, 2.45) is 58.2 Å². The van der Waals surface area contributed by atoms with Crippen LogP contribution in [0.15, 0.2) is 0 Å². The third-order valence-electron chi connectivity index (χ3n) is 11.4. The summed E-state index contributed by atoms with van der Waals surface area (Å²) < 4.78 is 0. The van der Waals surface area contributed by atoms with Crippen LogP contribution in [0.1, 0.15) is 112 Å². The van der Waals surface area contributed by atoms with E-state index in [0.29, 0.717) is 23.4 Å². The Morgan fingerprint density at radius 2 is 1.55 bits per heavy atom. The van der Waals surface area contributed by atoms with Crippen LogP contribution in [0.4, 0.5) is 0 Å². The lowest BCUT2D eigenvalue weighted by atomic mass is 9.43. The van der Waals surface area contributed by atoms with Gasteiger partial charge in [-0.1, -0.05) is 60.3 Å². The summed E-state index contributed by atoms with van der Waals surface area (Å²) in [6, 6.07) is 0. The molecule has 1 heteroatoms. The van der Waals surface area contributed by atoms with Gasteiger partial charge in [0, 0.05) is 6.61 Å². The molecule has 1 nitrogen and oxygen atoms in total. The molecule has 0 radical (unpaired) electrons. The summed E-state index contributed by atoms with van der Waals surface area (Å²) in [6.07, 6.45) is 17.5. The van der Waals surface area contributed by atoms with Gasteiger partial charge in [-0.05, 0) is 110 Å². The Kier molecular flexibility index (Phi) is 6.48. The summed E-state index contributed by atoms with van der Waals surface area (Å²) >= 11 is 0. The summed E-state index contributed by atoms with van der Waals surface area (Å²) in [5, 5.41) is 9.34. The lowest BCUT2D eigenvalue weighted by Crippen LogP contribution is -2.54. The molecule has 0 spiro atoms. The molecule has 1 N–H and O–H groups in total. The first-order chi connectivity index (χ1) is 13.8. The Bertz CT molecular complexity index is 557. The molecule has 4 rings (SSSR count). The van der Waals surface area contributed by atoms with Crippen molar-refractivity contribution in [3.63, 3.8) is 0 Å². The second-order valence-corrected chi connectivity index (χ2v) is 12.9. The fraction of sp³-hybridized carbons (Fsp3) is 1.00. The minimum Gasteiger partial charge on any atom is -0.396 e. The summed E-state index contributed by atoms with van der Waals surface area (Å²) in [5.74, 6) is 7.38. The largest absolute Gasteiger partial charge is 0.396 e. The van der Waals surface area contributed by atoms with Crippen molar-refractivity contribution in [2.75, 3.05) is 6.61 Å². The third-order valence-corrected chi connectivity index (χ3v) is 11.4. The van der Waals surface area contributed by atoms with Gasteiger partial charge in [0.25, 0.3) is 0 Å². The predicted octanol–water partition coefficient (Wildman–Crippen LogP) is 7.72. The van der Waals surface area contributed by atoms with Gasteiger partial charge < -0.3 is 5.11 Å². The molecule has 0 saturated heterocycles. The Balaban J connectivity index is 1.44. The number of fused-ring (bicyclic) bond motifs is 5. The normalized spacial score (nSPS) is 49.0. The first-order valence-electron chi connectivity index (χ1n) is 13.4. The highest BCUT2D eigenvalue weighted by Crippen LogP contribution is 2.68. The molecule has 4 saturated carbocycles. The number of hydrogen-bond donors (Lipinski definition) is 1. The average molecular weight is 403 g/mol. The molecule has 168 valence electrons. The van der Waals surface area contributed by atoms with Gasteiger partial charge in [0.05, 0.1) is 0 Å². The smallest absolute Gasteiger partial charge is 0.0456 e. The summed E-state index contributed by atoms with van der Waals surface area (Å²) in [5.41, 5.74) is 1.28. The highest BCUT2D eigenvalue weighted by atomic mass is 16.3. The summed E-state index contributed by atoms with van der Waals surface area (Å²) in [4.78, 5) is 0. The highest BCUT2D eigenvalue weighted by Gasteiger charge is 2.60. The van der Waals surface area contributed by atoms with E-state index in [4.69, 9.17) is 0 Å². The minimum atomic E-state index is 0.360. The van der Waals surface area contributed by atoms with Crippen molar-refractivity contribution in [3.8, 4) is 0 Å². The van der Waals surface area contributed by atoms with Crippen LogP contribution in [0.3, 0.4) is 0 Å². The monoisotopic (exact) mass is 402 g/mol. The van der Waals surface area contributed by atoms with E-state index in [-0.39, 0.29) is 0 Å². The molecule has 0 amide bonds. The number of hydrogen-bond acceptors (Lipinski definition) is 1. The van der Waals surface area contributed by atoms with Gasteiger partial charge in [0.15, 0.2) is 0 Å². The van der Waals surface area contributed by atoms with Gasteiger partial charge in [0.2, 0.25) is 0 Å². The van der Waals surface area contributed by atoms with Gasteiger partial charge in [-0.3, -0.25) is 0 Å². The number of aliphatic hydroxyl groups excluding tert-OH is 1. The van der Waals surface area contributed by atoms with Crippen LogP contribution in [0.5, 0.6) is 0 Å². The lowest BCUT2D eigenvalue weighted by molar-refractivity contribution is -0.127. The van der Waals surface area contributed by atoms with Crippen LogP contribution >= 0.6 is 0 Å². The maximum atomic E-state index is 9.34. The van der Waals surface area contributed by atoms with Gasteiger partial charge >= 0.3 is 0 Å². The standard InChI is InChI=1S/C28H50O/c1-19(18-29)8-6-9-20(2)24-13-14-25-22-11-12-23-21(3)10-7-16-27(23,4)26(22)15-17-28(24,25)5/h19-26,29H,6-18H2,1-5H3/t19?,20-,21-,22+,23?,24-,25+,26+,27+,28-/m1/s1. The second-order valence-electron chi connectivity index (χ2n) is 12.9. The molecule has 0 aliphatic heterocycles. The van der Waals surface area contributed by atoms with E-state index in [1.54, 1.807) is 6.42 Å². The summed E-state index contributed by atoms with van der Waals surface area (Å²) in [6.45, 7) is 13.1. The van der Waals surface area contributed by atoms with E-state index >= 15 is 0 Å². The fourth-order valence-electron chi connectivity index (χ4n) is 9.85. The maximum absolute atomic E-state index is 9.34. The molecule has 0 aromatic rings. The second kappa shape index (κ2) is 8.48. The molecule has 0 aromatic heterocycles.